The summed E-state index contributed by atoms with van der Waals surface area (Å²) >= 11 is 0. The molecule has 210 valence electrons. The van der Waals surface area contributed by atoms with Gasteiger partial charge in [-0.15, -0.1) is 0 Å². The number of para-hydroxylation sites is 1. The third-order valence-corrected chi connectivity index (χ3v) is 6.51. The normalized spacial score (nSPS) is 11.4. The van der Waals surface area contributed by atoms with Gasteiger partial charge in [-0.1, -0.05) is 67.6 Å². The second kappa shape index (κ2) is 13.9. The summed E-state index contributed by atoms with van der Waals surface area (Å²) in [4.78, 5) is 39.1. The molecule has 0 aromatic heterocycles. The third-order valence-electron chi connectivity index (χ3n) is 6.51. The highest BCUT2D eigenvalue weighted by atomic mass is 19.1. The third kappa shape index (κ3) is 7.79. The van der Waals surface area contributed by atoms with Gasteiger partial charge in [0, 0.05) is 35.3 Å². The van der Waals surface area contributed by atoms with Crippen LogP contribution in [0, 0.1) is 5.82 Å². The van der Waals surface area contributed by atoms with E-state index in [0.29, 0.717) is 28.3 Å². The van der Waals surface area contributed by atoms with E-state index in [1.54, 1.807) is 91.9 Å². The van der Waals surface area contributed by atoms with Gasteiger partial charge >= 0.3 is 5.97 Å². The number of carbonyl (C=O) groups is 3. The van der Waals surface area contributed by atoms with E-state index in [1.807, 2.05) is 6.07 Å². The van der Waals surface area contributed by atoms with E-state index in [-0.39, 0.29) is 37.7 Å². The van der Waals surface area contributed by atoms with Crippen LogP contribution in [0.4, 0.5) is 15.8 Å². The summed E-state index contributed by atoms with van der Waals surface area (Å²) in [5.41, 5.74) is 2.57. The molecule has 8 heteroatoms. The standard InChI is InChI=1S/C33H31FN2O5/c1-2-31(37)36(26-12-8-11-25(34)22-26)19-20-41-27-17-15-23(16-18-27)21-30(33(39)40)35-29-14-7-6-13-28(29)32(38)24-9-4-3-5-10-24/h3-18,22,30,35H,2,19-21H2,1H3,(H,39,40)/t30-/m0/s1. The number of aliphatic carboxylic acids is 1. The molecule has 0 saturated carbocycles. The van der Waals surface area contributed by atoms with Crippen molar-refractivity contribution in [1.82, 2.24) is 0 Å². The van der Waals surface area contributed by atoms with E-state index >= 15 is 0 Å². The number of hydrogen-bond acceptors (Lipinski definition) is 5. The Balaban J connectivity index is 1.39. The van der Waals surface area contributed by atoms with Crippen LogP contribution in [0.15, 0.2) is 103 Å². The van der Waals surface area contributed by atoms with Crippen LogP contribution in [0.25, 0.3) is 0 Å². The van der Waals surface area contributed by atoms with Crippen LogP contribution in [0.5, 0.6) is 5.75 Å². The van der Waals surface area contributed by atoms with E-state index in [0.717, 1.165) is 5.56 Å². The fourth-order valence-corrected chi connectivity index (χ4v) is 4.38. The van der Waals surface area contributed by atoms with Crippen molar-refractivity contribution >= 4 is 29.0 Å². The second-order valence-electron chi connectivity index (χ2n) is 9.35. The molecule has 0 saturated heterocycles. The van der Waals surface area contributed by atoms with Crippen LogP contribution >= 0.6 is 0 Å². The van der Waals surface area contributed by atoms with Gasteiger partial charge < -0.3 is 20.1 Å². The number of amides is 1. The zero-order chi connectivity index (χ0) is 29.2. The van der Waals surface area contributed by atoms with E-state index in [4.69, 9.17) is 4.74 Å². The van der Waals surface area contributed by atoms with E-state index in [9.17, 15) is 23.9 Å². The smallest absolute Gasteiger partial charge is 0.326 e. The number of carboxylic acids is 1. The fourth-order valence-electron chi connectivity index (χ4n) is 4.38. The molecule has 0 fully saturated rings. The van der Waals surface area contributed by atoms with Crippen LogP contribution in [0.2, 0.25) is 0 Å². The number of ether oxygens (including phenoxy) is 1. The molecule has 0 aliphatic rings. The number of anilines is 2. The zero-order valence-electron chi connectivity index (χ0n) is 22.6. The highest BCUT2D eigenvalue weighted by molar-refractivity contribution is 6.12. The van der Waals surface area contributed by atoms with Gasteiger partial charge in [-0.3, -0.25) is 9.59 Å². The topological polar surface area (TPSA) is 95.9 Å². The molecule has 0 spiro atoms. The lowest BCUT2D eigenvalue weighted by atomic mass is 10.00. The van der Waals surface area contributed by atoms with E-state index in [2.05, 4.69) is 5.32 Å². The monoisotopic (exact) mass is 554 g/mol. The number of rotatable bonds is 13. The van der Waals surface area contributed by atoms with Gasteiger partial charge in [0.05, 0.1) is 6.54 Å². The lowest BCUT2D eigenvalue weighted by Gasteiger charge is -2.22. The molecule has 4 aromatic rings. The Bertz CT molecular complexity index is 1490. The molecular formula is C33H31FN2O5. The SMILES string of the molecule is CCC(=O)N(CCOc1ccc(C[C@H](Nc2ccccc2C(=O)c2ccccc2)C(=O)O)cc1)c1cccc(F)c1. The summed E-state index contributed by atoms with van der Waals surface area (Å²) in [6.07, 6.45) is 0.441. The number of ketones is 1. The summed E-state index contributed by atoms with van der Waals surface area (Å²) in [5, 5.41) is 12.9. The molecule has 0 bridgehead atoms. The number of nitrogens with zero attached hydrogens (tertiary/aromatic N) is 1. The van der Waals surface area contributed by atoms with Gasteiger partial charge in [-0.2, -0.15) is 0 Å². The number of benzene rings is 4. The molecule has 0 heterocycles. The van der Waals surface area contributed by atoms with E-state index < -0.39 is 17.8 Å². The number of carbonyl (C=O) groups excluding carboxylic acids is 2. The maximum absolute atomic E-state index is 13.7. The summed E-state index contributed by atoms with van der Waals surface area (Å²) < 4.78 is 19.5. The van der Waals surface area contributed by atoms with Crippen molar-refractivity contribution in [1.29, 1.82) is 0 Å². The highest BCUT2D eigenvalue weighted by Crippen LogP contribution is 2.22. The first-order chi connectivity index (χ1) is 19.9. The number of hydrogen-bond donors (Lipinski definition) is 2. The maximum atomic E-state index is 13.7. The van der Waals surface area contributed by atoms with Crippen molar-refractivity contribution in [2.24, 2.45) is 0 Å². The summed E-state index contributed by atoms with van der Waals surface area (Å²) in [6.45, 7) is 2.17. The lowest BCUT2D eigenvalue weighted by molar-refractivity contribution is -0.137. The lowest BCUT2D eigenvalue weighted by Crippen LogP contribution is -2.34. The average Bonchev–Trinajstić information content (AvgIpc) is 2.99. The Morgan fingerprint density at radius 3 is 2.29 bits per heavy atom. The van der Waals surface area contributed by atoms with Crippen molar-refractivity contribution in [3.63, 3.8) is 0 Å². The molecule has 7 nitrogen and oxygen atoms in total. The first-order valence-corrected chi connectivity index (χ1v) is 13.3. The van der Waals surface area contributed by atoms with Gasteiger partial charge in [0.1, 0.15) is 24.2 Å². The molecule has 0 radical (unpaired) electrons. The molecule has 0 aliphatic heterocycles. The second-order valence-corrected chi connectivity index (χ2v) is 9.35. The van der Waals surface area contributed by atoms with Crippen LogP contribution in [0.3, 0.4) is 0 Å². The highest BCUT2D eigenvalue weighted by Gasteiger charge is 2.21. The zero-order valence-corrected chi connectivity index (χ0v) is 22.6. The Hall–Kier alpha value is -4.98. The van der Waals surface area contributed by atoms with Gasteiger partial charge in [0.25, 0.3) is 0 Å². The van der Waals surface area contributed by atoms with Crippen molar-refractivity contribution in [3.05, 3.63) is 126 Å². The minimum atomic E-state index is -1.05. The van der Waals surface area contributed by atoms with Crippen LogP contribution in [0.1, 0.15) is 34.8 Å². The quantitative estimate of drug-likeness (QED) is 0.197. The molecule has 4 aromatic carbocycles. The minimum absolute atomic E-state index is 0.145. The fraction of sp³-hybridized carbons (Fsp3) is 0.182. The minimum Gasteiger partial charge on any atom is -0.492 e. The average molecular weight is 555 g/mol. The predicted molar refractivity (Wildman–Crippen MR) is 156 cm³/mol. The van der Waals surface area contributed by atoms with E-state index in [1.165, 1.54) is 17.0 Å². The molecule has 4 rings (SSSR count). The van der Waals surface area contributed by atoms with Crippen LogP contribution in [-0.4, -0.2) is 42.0 Å². The van der Waals surface area contributed by atoms with Crippen molar-refractivity contribution in [2.75, 3.05) is 23.4 Å². The predicted octanol–water partition coefficient (Wildman–Crippen LogP) is 5.99. The first kappa shape index (κ1) is 29.0. The van der Waals surface area contributed by atoms with Gasteiger partial charge in [-0.05, 0) is 48.0 Å². The van der Waals surface area contributed by atoms with Crippen molar-refractivity contribution < 1.29 is 28.6 Å². The molecule has 0 unspecified atom stereocenters. The summed E-state index contributed by atoms with van der Waals surface area (Å²) in [7, 11) is 0. The molecule has 1 atom stereocenters. The van der Waals surface area contributed by atoms with Crippen molar-refractivity contribution in [3.8, 4) is 5.75 Å². The Labute approximate surface area is 238 Å². The van der Waals surface area contributed by atoms with Gasteiger partial charge in [-0.25, -0.2) is 9.18 Å². The molecule has 0 aliphatic carbocycles. The molecule has 1 amide bonds. The molecule has 2 N–H and O–H groups in total. The number of nitrogens with one attached hydrogen (secondary N) is 1. The Kier molecular flexibility index (Phi) is 9.83. The Morgan fingerprint density at radius 1 is 0.902 bits per heavy atom. The summed E-state index contributed by atoms with van der Waals surface area (Å²) in [5.74, 6) is -1.26. The maximum Gasteiger partial charge on any atom is 0.326 e. The summed E-state index contributed by atoms with van der Waals surface area (Å²) in [6, 6.07) is 27.6. The number of carboxylic acid groups (broad SMARTS) is 1. The van der Waals surface area contributed by atoms with Crippen LogP contribution < -0.4 is 15.0 Å². The molecule has 41 heavy (non-hydrogen) atoms. The van der Waals surface area contributed by atoms with Gasteiger partial charge in [0.15, 0.2) is 5.78 Å². The Morgan fingerprint density at radius 2 is 1.61 bits per heavy atom. The van der Waals surface area contributed by atoms with Gasteiger partial charge in [0.2, 0.25) is 5.91 Å². The largest absolute Gasteiger partial charge is 0.492 e. The number of halogens is 1. The van der Waals surface area contributed by atoms with Crippen molar-refractivity contribution in [2.45, 2.75) is 25.8 Å². The first-order valence-electron chi connectivity index (χ1n) is 13.3. The molecular weight excluding hydrogens is 523 g/mol. The van der Waals surface area contributed by atoms with Crippen LogP contribution in [-0.2, 0) is 16.0 Å².